The number of carbonyl (C=O) groups excluding carboxylic acids is 5. The zero-order valence-corrected chi connectivity index (χ0v) is 38.3. The maximum Gasteiger partial charge on any atom is 0.255 e. The lowest BCUT2D eigenvalue weighted by Gasteiger charge is -2.29. The van der Waals surface area contributed by atoms with Gasteiger partial charge < -0.3 is 34.6 Å². The molecule has 1 saturated heterocycles. The van der Waals surface area contributed by atoms with Crippen LogP contribution in [-0.4, -0.2) is 100.0 Å². The summed E-state index contributed by atoms with van der Waals surface area (Å²) in [5.74, 6) is 0.680. The van der Waals surface area contributed by atoms with Gasteiger partial charge >= 0.3 is 0 Å². The van der Waals surface area contributed by atoms with Gasteiger partial charge in [-0.2, -0.15) is 0 Å². The van der Waals surface area contributed by atoms with Crippen LogP contribution in [0.25, 0.3) is 22.2 Å². The molecular weight excluding hydrogens is 843 g/mol. The van der Waals surface area contributed by atoms with Gasteiger partial charge in [-0.15, -0.1) is 11.8 Å². The van der Waals surface area contributed by atoms with E-state index < -0.39 is 11.9 Å². The molecule has 0 aliphatic carbocycles. The number of fused-ring (bicyclic) bond motifs is 2. The summed E-state index contributed by atoms with van der Waals surface area (Å²) in [5.41, 5.74) is 6.22. The number of imide groups is 1. The fraction of sp³-hybridized carbons (Fsp3) is 0.367. The van der Waals surface area contributed by atoms with Crippen LogP contribution in [0.3, 0.4) is 0 Å². The molecule has 1 fully saturated rings. The highest BCUT2D eigenvalue weighted by Crippen LogP contribution is 2.39. The van der Waals surface area contributed by atoms with Crippen molar-refractivity contribution >= 4 is 75.2 Å². The van der Waals surface area contributed by atoms with Crippen molar-refractivity contribution in [1.82, 2.24) is 29.7 Å². The van der Waals surface area contributed by atoms with E-state index >= 15 is 0 Å². The first-order chi connectivity index (χ1) is 31.4. The number of aromatic nitrogens is 3. The number of carbonyl (C=O) groups is 5. The number of unbranched alkanes of at least 4 members (excludes halogenated alkanes) is 5. The van der Waals surface area contributed by atoms with Crippen LogP contribution in [-0.2, 0) is 32.8 Å². The Morgan fingerprint density at radius 2 is 1.75 bits per heavy atom. The van der Waals surface area contributed by atoms with Gasteiger partial charge in [0.1, 0.15) is 11.8 Å². The minimum absolute atomic E-state index is 0.0860. The quantitative estimate of drug-likeness (QED) is 0.0286. The molecule has 1 atom stereocenters. The Labute approximate surface area is 384 Å². The third-order valence-corrected chi connectivity index (χ3v) is 13.2. The zero-order chi connectivity index (χ0) is 46.0. The first-order valence-electron chi connectivity index (χ1n) is 22.1. The number of likely N-dealkylation sites (N-methyl/N-ethyl adjacent to an activating group) is 2. The van der Waals surface area contributed by atoms with Gasteiger partial charge in [0.15, 0.2) is 0 Å². The molecule has 3 N–H and O–H groups in total. The molecule has 1 unspecified atom stereocenters. The van der Waals surface area contributed by atoms with Crippen LogP contribution in [0.15, 0.2) is 90.6 Å². The number of piperidine rings is 1. The summed E-state index contributed by atoms with van der Waals surface area (Å²) >= 11 is 1.74. The fourth-order valence-electron chi connectivity index (χ4n) is 8.37. The Hall–Kier alpha value is -6.68. The largest absolute Gasteiger partial charge is 0.494 e. The van der Waals surface area contributed by atoms with E-state index in [1.807, 2.05) is 68.5 Å². The molecular formula is C49H57N9O6S. The molecule has 0 spiro atoms. The number of thioether (sulfide) groups is 1. The summed E-state index contributed by atoms with van der Waals surface area (Å²) in [5, 5.41) is 9.66. The Bertz CT molecular complexity index is 2590. The molecule has 5 aromatic rings. The summed E-state index contributed by atoms with van der Waals surface area (Å²) in [6.45, 7) is 4.99. The van der Waals surface area contributed by atoms with Gasteiger partial charge in [0.05, 0.1) is 29.9 Å². The molecule has 16 heteroatoms. The maximum atomic E-state index is 13.2. The topological polar surface area (TPSA) is 171 Å². The first kappa shape index (κ1) is 46.3. The number of benzene rings is 3. The minimum atomic E-state index is -0.617. The number of nitrogens with one attached hydrogen (secondary N) is 3. The number of methoxy groups -OCH3 is 1. The van der Waals surface area contributed by atoms with E-state index in [2.05, 4.69) is 50.4 Å². The second-order valence-electron chi connectivity index (χ2n) is 16.5. The number of amides is 5. The summed E-state index contributed by atoms with van der Waals surface area (Å²) in [6, 6.07) is 18.8. The molecule has 0 radical (unpaired) electrons. The maximum absolute atomic E-state index is 13.2. The molecule has 0 saturated carbocycles. The molecule has 65 heavy (non-hydrogen) atoms. The highest BCUT2D eigenvalue weighted by Gasteiger charge is 2.39. The van der Waals surface area contributed by atoms with Crippen LogP contribution in [0.1, 0.15) is 73.7 Å². The Balaban J connectivity index is 0.850. The number of rotatable bonds is 21. The van der Waals surface area contributed by atoms with Crippen LogP contribution in [0.2, 0.25) is 0 Å². The molecule has 2 aliphatic heterocycles. The lowest BCUT2D eigenvalue weighted by Crippen LogP contribution is -2.52. The minimum Gasteiger partial charge on any atom is -0.494 e. The average molecular weight is 900 g/mol. The number of para-hydroxylation sites is 1. The number of hydrogen-bond donors (Lipinski definition) is 3. The molecule has 3 aromatic carbocycles. The van der Waals surface area contributed by atoms with Crippen LogP contribution in [0.4, 0.5) is 23.0 Å². The van der Waals surface area contributed by atoms with E-state index in [1.165, 1.54) is 6.08 Å². The van der Waals surface area contributed by atoms with Crippen molar-refractivity contribution in [3.63, 3.8) is 0 Å². The van der Waals surface area contributed by atoms with Crippen molar-refractivity contribution < 1.29 is 28.7 Å². The van der Waals surface area contributed by atoms with Gasteiger partial charge in [0.2, 0.25) is 29.6 Å². The van der Waals surface area contributed by atoms with Crippen molar-refractivity contribution in [3.05, 3.63) is 96.8 Å². The number of aryl methyl sites for hydroxylation is 1. The van der Waals surface area contributed by atoms with Gasteiger partial charge in [-0.05, 0) is 67.0 Å². The Morgan fingerprint density at radius 1 is 0.969 bits per heavy atom. The highest BCUT2D eigenvalue weighted by molar-refractivity contribution is 7.99. The lowest BCUT2D eigenvalue weighted by atomic mass is 10.0. The molecule has 5 amide bonds. The SMILES string of the molecule is C=CC(=O)Nc1cc(Nc2nccc(-c3cn(C)c4ccccc34)n2)c(OC)cc1N(C)CCN(C)C(=O)CCCCCCCCSc1cccc2c1CN(C1CCC(=O)NC1=O)C2=O. The summed E-state index contributed by atoms with van der Waals surface area (Å²) in [7, 11) is 7.31. The van der Waals surface area contributed by atoms with E-state index in [9.17, 15) is 24.0 Å². The predicted octanol–water partition coefficient (Wildman–Crippen LogP) is 7.69. The first-order valence-corrected chi connectivity index (χ1v) is 23.1. The van der Waals surface area contributed by atoms with E-state index in [4.69, 9.17) is 9.72 Å². The van der Waals surface area contributed by atoms with Gasteiger partial charge in [-0.3, -0.25) is 29.3 Å². The van der Waals surface area contributed by atoms with Gasteiger partial charge in [-0.25, -0.2) is 9.97 Å². The summed E-state index contributed by atoms with van der Waals surface area (Å²) in [6.07, 6.45) is 12.1. The standard InChI is InChI=1S/C49H57N9O6S/c1-6-44(59)51-37-28-38(53-49-50-24-23-36(52-49)34-30-57(4)39-18-13-12-16-32(34)39)42(64-5)29-41(37)55(2)25-26-56(3)46(61)20-11-9-7-8-10-14-27-65-43-19-15-17-33-35(43)31-58(48(33)63)40-21-22-45(60)54-47(40)62/h6,12-13,15-19,23-24,28-30,40H,1,7-11,14,20-22,25-27,31H2,2-5H3,(H,51,59)(H,50,52,53)(H,54,60,62). The molecule has 2 aliphatic rings. The molecule has 7 rings (SSSR count). The van der Waals surface area contributed by atoms with E-state index in [1.54, 1.807) is 40.9 Å². The van der Waals surface area contributed by atoms with Gasteiger partial charge in [0.25, 0.3) is 5.91 Å². The number of hydrogen-bond acceptors (Lipinski definition) is 11. The monoisotopic (exact) mass is 899 g/mol. The van der Waals surface area contributed by atoms with Crippen LogP contribution >= 0.6 is 11.8 Å². The van der Waals surface area contributed by atoms with E-state index in [-0.39, 0.29) is 30.0 Å². The van der Waals surface area contributed by atoms with Crippen LogP contribution in [0, 0.1) is 0 Å². The fourth-order valence-corrected chi connectivity index (χ4v) is 9.46. The smallest absolute Gasteiger partial charge is 0.255 e. The Morgan fingerprint density at radius 3 is 2.54 bits per heavy atom. The van der Waals surface area contributed by atoms with Crippen molar-refractivity contribution in [3.8, 4) is 17.0 Å². The highest BCUT2D eigenvalue weighted by atomic mass is 32.2. The summed E-state index contributed by atoms with van der Waals surface area (Å²) in [4.78, 5) is 78.7. The predicted molar refractivity (Wildman–Crippen MR) is 255 cm³/mol. The van der Waals surface area contributed by atoms with E-state index in [0.29, 0.717) is 66.8 Å². The third kappa shape index (κ3) is 11.0. The second-order valence-corrected chi connectivity index (χ2v) is 17.6. The summed E-state index contributed by atoms with van der Waals surface area (Å²) < 4.78 is 7.88. The van der Waals surface area contributed by atoms with Crippen molar-refractivity contribution in [1.29, 1.82) is 0 Å². The third-order valence-electron chi connectivity index (χ3n) is 12.0. The molecule has 340 valence electrons. The molecule has 2 aromatic heterocycles. The van der Waals surface area contributed by atoms with E-state index in [0.717, 1.165) is 76.9 Å². The van der Waals surface area contributed by atoms with Crippen LogP contribution in [0.5, 0.6) is 5.75 Å². The van der Waals surface area contributed by atoms with Crippen molar-refractivity contribution in [2.75, 3.05) is 55.6 Å². The van der Waals surface area contributed by atoms with Gasteiger partial charge in [0, 0.05) is 99.0 Å². The molecule has 15 nitrogen and oxygen atoms in total. The van der Waals surface area contributed by atoms with Gasteiger partial charge in [-0.1, -0.05) is 56.5 Å². The zero-order valence-electron chi connectivity index (χ0n) is 37.5. The second kappa shape index (κ2) is 21.3. The number of anilines is 4. The van der Waals surface area contributed by atoms with Crippen molar-refractivity contribution in [2.45, 2.75) is 75.3 Å². The molecule has 0 bridgehead atoms. The number of ether oxygens (including phenoxy) is 1. The van der Waals surface area contributed by atoms with Crippen LogP contribution < -0.4 is 25.6 Å². The normalized spacial score (nSPS) is 14.6. The lowest BCUT2D eigenvalue weighted by molar-refractivity contribution is -0.137. The van der Waals surface area contributed by atoms with Crippen molar-refractivity contribution in [2.24, 2.45) is 7.05 Å². The number of nitrogens with zero attached hydrogens (tertiary/aromatic N) is 6. The Kier molecular flexibility index (Phi) is 15.2. The average Bonchev–Trinajstić information content (AvgIpc) is 3.83. The molecule has 4 heterocycles.